The standard InChI is InChI=1S/C31H39N3O7S/c1-6-27(31(36)32-3)33(20-19-23-11-9-8-10-12-23)30(35)22-34(24-13-15-25(16-14-24)41-7-2)42(37,38)26-17-18-28(39-4)29(21-26)40-5/h8-18,21,27H,6-7,19-20,22H2,1-5H3,(H,32,36). The molecule has 0 radical (unpaired) electrons. The van der Waals surface area contributed by atoms with Gasteiger partial charge in [-0.15, -0.1) is 0 Å². The van der Waals surface area contributed by atoms with Gasteiger partial charge in [0.2, 0.25) is 11.8 Å². The van der Waals surface area contributed by atoms with Gasteiger partial charge in [-0.3, -0.25) is 13.9 Å². The Labute approximate surface area is 248 Å². The fourth-order valence-electron chi connectivity index (χ4n) is 4.57. The number of likely N-dealkylation sites (N-methyl/N-ethyl adjacent to an activating group) is 1. The molecule has 0 spiro atoms. The Morgan fingerprint density at radius 2 is 1.57 bits per heavy atom. The zero-order valence-electron chi connectivity index (χ0n) is 24.7. The summed E-state index contributed by atoms with van der Waals surface area (Å²) in [5.74, 6) is 0.315. The zero-order chi connectivity index (χ0) is 30.7. The zero-order valence-corrected chi connectivity index (χ0v) is 25.5. The Kier molecular flexibility index (Phi) is 11.6. The van der Waals surface area contributed by atoms with Crippen molar-refractivity contribution >= 4 is 27.5 Å². The van der Waals surface area contributed by atoms with E-state index in [-0.39, 0.29) is 28.8 Å². The van der Waals surface area contributed by atoms with Crippen molar-refractivity contribution in [1.82, 2.24) is 10.2 Å². The molecule has 1 unspecified atom stereocenters. The van der Waals surface area contributed by atoms with Gasteiger partial charge < -0.3 is 24.4 Å². The quantitative estimate of drug-likeness (QED) is 0.283. The first-order valence-electron chi connectivity index (χ1n) is 13.7. The molecule has 0 fully saturated rings. The molecule has 2 amide bonds. The van der Waals surface area contributed by atoms with Crippen LogP contribution in [-0.2, 0) is 26.0 Å². The molecule has 3 aromatic carbocycles. The highest BCUT2D eigenvalue weighted by Gasteiger charge is 2.33. The van der Waals surface area contributed by atoms with E-state index in [0.29, 0.717) is 30.9 Å². The topological polar surface area (TPSA) is 114 Å². The van der Waals surface area contributed by atoms with Gasteiger partial charge in [0.25, 0.3) is 10.0 Å². The Balaban J connectivity index is 2.05. The molecule has 0 heterocycles. The van der Waals surface area contributed by atoms with Gasteiger partial charge in [-0.2, -0.15) is 0 Å². The number of nitrogens with one attached hydrogen (secondary N) is 1. The molecule has 10 nitrogen and oxygen atoms in total. The lowest BCUT2D eigenvalue weighted by molar-refractivity contribution is -0.139. The van der Waals surface area contributed by atoms with E-state index in [2.05, 4.69) is 5.32 Å². The Bertz CT molecular complexity index is 1430. The number of nitrogens with zero attached hydrogens (tertiary/aromatic N) is 2. The molecule has 1 N–H and O–H groups in total. The Hall–Kier alpha value is -4.25. The van der Waals surface area contributed by atoms with Crippen LogP contribution in [0.2, 0.25) is 0 Å². The molecule has 11 heteroatoms. The van der Waals surface area contributed by atoms with E-state index < -0.39 is 28.5 Å². The maximum absolute atomic E-state index is 14.1. The van der Waals surface area contributed by atoms with Gasteiger partial charge in [-0.1, -0.05) is 37.3 Å². The summed E-state index contributed by atoms with van der Waals surface area (Å²) < 4.78 is 45.4. The van der Waals surface area contributed by atoms with Crippen molar-refractivity contribution in [2.75, 3.05) is 45.3 Å². The van der Waals surface area contributed by atoms with Crippen molar-refractivity contribution < 1.29 is 32.2 Å². The number of carbonyl (C=O) groups is 2. The van der Waals surface area contributed by atoms with Crippen LogP contribution in [0.15, 0.2) is 77.7 Å². The second-order valence-electron chi connectivity index (χ2n) is 9.32. The van der Waals surface area contributed by atoms with Crippen molar-refractivity contribution in [3.63, 3.8) is 0 Å². The Morgan fingerprint density at radius 1 is 0.905 bits per heavy atom. The van der Waals surface area contributed by atoms with Crippen molar-refractivity contribution in [3.8, 4) is 17.2 Å². The van der Waals surface area contributed by atoms with Gasteiger partial charge >= 0.3 is 0 Å². The van der Waals surface area contributed by atoms with Crippen molar-refractivity contribution in [3.05, 3.63) is 78.4 Å². The van der Waals surface area contributed by atoms with Gasteiger partial charge in [0.15, 0.2) is 11.5 Å². The van der Waals surface area contributed by atoms with Gasteiger partial charge in [0.1, 0.15) is 18.3 Å². The lowest BCUT2D eigenvalue weighted by Crippen LogP contribution is -2.52. The van der Waals surface area contributed by atoms with Crippen molar-refractivity contribution in [2.45, 2.75) is 37.6 Å². The summed E-state index contributed by atoms with van der Waals surface area (Å²) in [4.78, 5) is 28.2. The third-order valence-corrected chi connectivity index (χ3v) is 8.54. The number of hydrogen-bond donors (Lipinski definition) is 1. The maximum atomic E-state index is 14.1. The molecule has 42 heavy (non-hydrogen) atoms. The largest absolute Gasteiger partial charge is 0.494 e. The minimum absolute atomic E-state index is 0.0870. The average Bonchev–Trinajstić information content (AvgIpc) is 3.02. The number of sulfonamides is 1. The molecule has 3 rings (SSSR count). The van der Waals surface area contributed by atoms with Gasteiger partial charge in [-0.25, -0.2) is 8.42 Å². The van der Waals surface area contributed by atoms with E-state index in [4.69, 9.17) is 14.2 Å². The molecule has 0 aliphatic carbocycles. The number of amides is 2. The highest BCUT2D eigenvalue weighted by Crippen LogP contribution is 2.33. The van der Waals surface area contributed by atoms with E-state index in [1.165, 1.54) is 44.4 Å². The van der Waals surface area contributed by atoms with Crippen LogP contribution >= 0.6 is 0 Å². The summed E-state index contributed by atoms with van der Waals surface area (Å²) in [5.41, 5.74) is 1.25. The predicted molar refractivity (Wildman–Crippen MR) is 162 cm³/mol. The van der Waals surface area contributed by atoms with E-state index in [1.807, 2.05) is 44.2 Å². The molecular formula is C31H39N3O7S. The molecule has 226 valence electrons. The highest BCUT2D eigenvalue weighted by atomic mass is 32.2. The fraction of sp³-hybridized carbons (Fsp3) is 0.355. The van der Waals surface area contributed by atoms with Gasteiger partial charge in [-0.05, 0) is 61.7 Å². The van der Waals surface area contributed by atoms with Crippen LogP contribution in [0, 0.1) is 0 Å². The first-order valence-corrected chi connectivity index (χ1v) is 15.2. The molecule has 0 saturated carbocycles. The average molecular weight is 598 g/mol. The van der Waals surface area contributed by atoms with Crippen LogP contribution in [0.4, 0.5) is 5.69 Å². The minimum atomic E-state index is -4.28. The highest BCUT2D eigenvalue weighted by molar-refractivity contribution is 7.92. The summed E-state index contributed by atoms with van der Waals surface area (Å²) in [6.45, 7) is 3.79. The monoisotopic (exact) mass is 597 g/mol. The summed E-state index contributed by atoms with van der Waals surface area (Å²) in [7, 11) is 0.0995. The third kappa shape index (κ3) is 7.73. The molecular weight excluding hydrogens is 558 g/mol. The molecule has 0 bridgehead atoms. The van der Waals surface area contributed by atoms with Crippen molar-refractivity contribution in [2.24, 2.45) is 0 Å². The molecule has 0 saturated heterocycles. The first kappa shape index (κ1) is 32.3. The second-order valence-corrected chi connectivity index (χ2v) is 11.2. The lowest BCUT2D eigenvalue weighted by Gasteiger charge is -2.33. The number of rotatable bonds is 15. The number of methoxy groups -OCH3 is 2. The van der Waals surface area contributed by atoms with E-state index >= 15 is 0 Å². The molecule has 0 aliphatic rings. The van der Waals surface area contributed by atoms with Crippen LogP contribution in [0.3, 0.4) is 0 Å². The second kappa shape index (κ2) is 15.1. The van der Waals surface area contributed by atoms with Crippen LogP contribution < -0.4 is 23.8 Å². The smallest absolute Gasteiger partial charge is 0.264 e. The fourth-order valence-corrected chi connectivity index (χ4v) is 6.00. The van der Waals surface area contributed by atoms with E-state index in [0.717, 1.165) is 9.87 Å². The third-order valence-electron chi connectivity index (χ3n) is 6.77. The summed E-state index contributed by atoms with van der Waals surface area (Å²) in [5, 5.41) is 2.63. The maximum Gasteiger partial charge on any atom is 0.264 e. The lowest BCUT2D eigenvalue weighted by atomic mass is 10.1. The normalized spacial score (nSPS) is 11.7. The van der Waals surface area contributed by atoms with E-state index in [1.54, 1.807) is 24.3 Å². The minimum Gasteiger partial charge on any atom is -0.494 e. The van der Waals surface area contributed by atoms with Crippen LogP contribution in [0.5, 0.6) is 17.2 Å². The van der Waals surface area contributed by atoms with Crippen LogP contribution in [-0.4, -0.2) is 72.1 Å². The van der Waals surface area contributed by atoms with Crippen molar-refractivity contribution in [1.29, 1.82) is 0 Å². The van der Waals surface area contributed by atoms with Gasteiger partial charge in [0.05, 0.1) is 31.4 Å². The molecule has 0 aromatic heterocycles. The van der Waals surface area contributed by atoms with Gasteiger partial charge in [0, 0.05) is 19.7 Å². The first-order chi connectivity index (χ1) is 20.2. The summed E-state index contributed by atoms with van der Waals surface area (Å²) in [6.07, 6.45) is 0.844. The molecule has 1 atom stereocenters. The van der Waals surface area contributed by atoms with Crippen LogP contribution in [0.25, 0.3) is 0 Å². The number of anilines is 1. The number of benzene rings is 3. The molecule has 0 aliphatic heterocycles. The SMILES string of the molecule is CCOc1ccc(N(CC(=O)N(CCc2ccccc2)C(CC)C(=O)NC)S(=O)(=O)c2ccc(OC)c(OC)c2)cc1. The molecule has 3 aromatic rings. The summed E-state index contributed by atoms with van der Waals surface area (Å²) in [6, 6.07) is 19.5. The predicted octanol–water partition coefficient (Wildman–Crippen LogP) is 3.89. The van der Waals surface area contributed by atoms with E-state index in [9.17, 15) is 18.0 Å². The summed E-state index contributed by atoms with van der Waals surface area (Å²) >= 11 is 0. The Morgan fingerprint density at radius 3 is 2.14 bits per heavy atom. The van der Waals surface area contributed by atoms with Crippen LogP contribution in [0.1, 0.15) is 25.8 Å². The number of ether oxygens (including phenoxy) is 3. The number of hydrogen-bond acceptors (Lipinski definition) is 7. The number of carbonyl (C=O) groups excluding carboxylic acids is 2.